The van der Waals surface area contributed by atoms with Gasteiger partial charge in [-0.1, -0.05) is 36.4 Å². The summed E-state index contributed by atoms with van der Waals surface area (Å²) in [4.78, 5) is 2.45. The van der Waals surface area contributed by atoms with Crippen molar-refractivity contribution in [2.45, 2.75) is 43.2 Å². The molecule has 1 fully saturated rings. The van der Waals surface area contributed by atoms with E-state index < -0.39 is 15.8 Å². The first-order chi connectivity index (χ1) is 15.4. The van der Waals surface area contributed by atoms with Gasteiger partial charge in [-0.2, -0.15) is 0 Å². The highest BCUT2D eigenvalue weighted by Gasteiger charge is 2.24. The second-order valence-corrected chi connectivity index (χ2v) is 10.1. The Balaban J connectivity index is 1.23. The Labute approximate surface area is 189 Å². The van der Waals surface area contributed by atoms with Crippen molar-refractivity contribution >= 4 is 20.8 Å². The fraction of sp³-hybridized carbons (Fsp3) is 0.360. The Hall–Kier alpha value is -2.48. The van der Waals surface area contributed by atoms with Crippen LogP contribution in [0.4, 0.5) is 4.39 Å². The van der Waals surface area contributed by atoms with Crippen molar-refractivity contribution in [3.63, 3.8) is 0 Å². The molecule has 0 spiro atoms. The standard InChI is InChI=1S/C25H29FN2O3S/c1-19(27-32(29,30)23-13-11-21(26)12-14-23)6-5-16-28-17-15-22(18-28)31-25-10-4-8-20-7-2-3-9-24(20)25/h2-4,7-14,19,22,27H,5-6,15-18H2,1H3. The molecule has 0 radical (unpaired) electrons. The molecule has 0 saturated carbocycles. The van der Waals surface area contributed by atoms with Gasteiger partial charge in [-0.25, -0.2) is 17.5 Å². The number of nitrogens with zero attached hydrogens (tertiary/aromatic N) is 1. The van der Waals surface area contributed by atoms with Gasteiger partial charge >= 0.3 is 0 Å². The molecule has 2 unspecified atom stereocenters. The zero-order chi connectivity index (χ0) is 22.6. The molecule has 3 aromatic carbocycles. The fourth-order valence-electron chi connectivity index (χ4n) is 4.20. The van der Waals surface area contributed by atoms with Crippen LogP contribution in [0.15, 0.2) is 71.6 Å². The molecule has 1 aliphatic heterocycles. The van der Waals surface area contributed by atoms with E-state index >= 15 is 0 Å². The largest absolute Gasteiger partial charge is 0.488 e. The molecule has 32 heavy (non-hydrogen) atoms. The van der Waals surface area contributed by atoms with E-state index in [9.17, 15) is 12.8 Å². The van der Waals surface area contributed by atoms with Crippen LogP contribution in [0.25, 0.3) is 10.8 Å². The van der Waals surface area contributed by atoms with Crippen molar-refractivity contribution in [2.75, 3.05) is 19.6 Å². The number of ether oxygens (including phenoxy) is 1. The number of hydrogen-bond donors (Lipinski definition) is 1. The lowest BCUT2D eigenvalue weighted by Gasteiger charge is -2.19. The highest BCUT2D eigenvalue weighted by Crippen LogP contribution is 2.28. The molecule has 5 nitrogen and oxygen atoms in total. The van der Waals surface area contributed by atoms with Gasteiger partial charge in [0.15, 0.2) is 0 Å². The van der Waals surface area contributed by atoms with Crippen LogP contribution in [0.3, 0.4) is 0 Å². The number of likely N-dealkylation sites (tertiary alicyclic amines) is 1. The molecule has 7 heteroatoms. The van der Waals surface area contributed by atoms with Crippen molar-refractivity contribution in [1.82, 2.24) is 9.62 Å². The van der Waals surface area contributed by atoms with E-state index in [2.05, 4.69) is 27.8 Å². The first kappa shape index (κ1) is 22.7. The van der Waals surface area contributed by atoms with Crippen LogP contribution in [0.2, 0.25) is 0 Å². The topological polar surface area (TPSA) is 58.6 Å². The lowest BCUT2D eigenvalue weighted by Crippen LogP contribution is -2.33. The van der Waals surface area contributed by atoms with Crippen molar-refractivity contribution in [3.05, 3.63) is 72.5 Å². The van der Waals surface area contributed by atoms with Gasteiger partial charge in [-0.15, -0.1) is 0 Å². The van der Waals surface area contributed by atoms with E-state index in [4.69, 9.17) is 4.74 Å². The van der Waals surface area contributed by atoms with E-state index in [1.807, 2.05) is 31.2 Å². The van der Waals surface area contributed by atoms with Gasteiger partial charge < -0.3 is 4.74 Å². The molecular formula is C25H29FN2O3S. The van der Waals surface area contributed by atoms with E-state index in [-0.39, 0.29) is 17.0 Å². The van der Waals surface area contributed by atoms with Gasteiger partial charge in [0.2, 0.25) is 10.0 Å². The van der Waals surface area contributed by atoms with Crippen LogP contribution >= 0.6 is 0 Å². The third-order valence-corrected chi connectivity index (χ3v) is 7.47. The number of halogens is 1. The van der Waals surface area contributed by atoms with E-state index in [0.29, 0.717) is 0 Å². The van der Waals surface area contributed by atoms with E-state index in [1.165, 1.54) is 17.5 Å². The predicted molar refractivity (Wildman–Crippen MR) is 125 cm³/mol. The van der Waals surface area contributed by atoms with E-state index in [0.717, 1.165) is 62.2 Å². The molecule has 1 aliphatic rings. The third-order valence-electron chi connectivity index (χ3n) is 5.86. The number of fused-ring (bicyclic) bond motifs is 1. The zero-order valence-corrected chi connectivity index (χ0v) is 19.0. The molecule has 2 atom stereocenters. The van der Waals surface area contributed by atoms with Crippen molar-refractivity contribution in [3.8, 4) is 5.75 Å². The summed E-state index contributed by atoms with van der Waals surface area (Å²) < 4.78 is 46.9. The smallest absolute Gasteiger partial charge is 0.240 e. The molecule has 4 rings (SSSR count). The summed E-state index contributed by atoms with van der Waals surface area (Å²) in [5.74, 6) is 0.476. The molecule has 3 aromatic rings. The highest BCUT2D eigenvalue weighted by atomic mass is 32.2. The lowest BCUT2D eigenvalue weighted by molar-refractivity contribution is 0.201. The summed E-state index contributed by atoms with van der Waals surface area (Å²) in [6.07, 6.45) is 2.76. The van der Waals surface area contributed by atoms with Gasteiger partial charge in [-0.05, 0) is 68.4 Å². The molecule has 1 N–H and O–H groups in total. The first-order valence-electron chi connectivity index (χ1n) is 11.1. The quantitative estimate of drug-likeness (QED) is 0.512. The number of nitrogens with one attached hydrogen (secondary N) is 1. The van der Waals surface area contributed by atoms with E-state index in [1.54, 1.807) is 0 Å². The maximum absolute atomic E-state index is 13.0. The molecule has 0 bridgehead atoms. The van der Waals surface area contributed by atoms with Crippen LogP contribution < -0.4 is 9.46 Å². The maximum Gasteiger partial charge on any atom is 0.240 e. The van der Waals surface area contributed by atoms with Gasteiger partial charge in [-0.3, -0.25) is 4.90 Å². The van der Waals surface area contributed by atoms with Gasteiger partial charge in [0, 0.05) is 24.5 Å². The Morgan fingerprint density at radius 2 is 1.84 bits per heavy atom. The van der Waals surface area contributed by atoms with Crippen LogP contribution in [0.1, 0.15) is 26.2 Å². The van der Waals surface area contributed by atoms with Crippen molar-refractivity contribution in [2.24, 2.45) is 0 Å². The average molecular weight is 457 g/mol. The van der Waals surface area contributed by atoms with Crippen LogP contribution in [-0.2, 0) is 10.0 Å². The Kier molecular flexibility index (Phi) is 7.08. The van der Waals surface area contributed by atoms with Crippen molar-refractivity contribution in [1.29, 1.82) is 0 Å². The summed E-state index contributed by atoms with van der Waals surface area (Å²) in [6.45, 7) is 4.61. The average Bonchev–Trinajstić information content (AvgIpc) is 3.21. The minimum Gasteiger partial charge on any atom is -0.488 e. The first-order valence-corrected chi connectivity index (χ1v) is 12.5. The molecule has 0 aromatic heterocycles. The second kappa shape index (κ2) is 9.98. The summed E-state index contributed by atoms with van der Waals surface area (Å²) in [7, 11) is -3.64. The molecule has 0 amide bonds. The summed E-state index contributed by atoms with van der Waals surface area (Å²) in [5, 5.41) is 2.31. The lowest BCUT2D eigenvalue weighted by atomic mass is 10.1. The maximum atomic E-state index is 13.0. The number of rotatable bonds is 9. The van der Waals surface area contributed by atoms with Gasteiger partial charge in [0.05, 0.1) is 4.90 Å². The molecule has 0 aliphatic carbocycles. The third kappa shape index (κ3) is 5.65. The van der Waals surface area contributed by atoms with Gasteiger partial charge in [0.25, 0.3) is 0 Å². The molecule has 1 heterocycles. The Bertz CT molecular complexity index is 1150. The van der Waals surface area contributed by atoms with Gasteiger partial charge in [0.1, 0.15) is 17.7 Å². The SMILES string of the molecule is CC(CCCN1CCC(Oc2cccc3ccccc23)C1)NS(=O)(=O)c1ccc(F)cc1. The zero-order valence-electron chi connectivity index (χ0n) is 18.2. The number of benzene rings is 3. The predicted octanol–water partition coefficient (Wildman–Crippen LogP) is 4.58. The fourth-order valence-corrected chi connectivity index (χ4v) is 5.48. The molecular weight excluding hydrogens is 427 g/mol. The normalized spacial score (nSPS) is 18.1. The highest BCUT2D eigenvalue weighted by molar-refractivity contribution is 7.89. The minimum atomic E-state index is -3.64. The number of hydrogen-bond acceptors (Lipinski definition) is 4. The van der Waals surface area contributed by atoms with Crippen molar-refractivity contribution < 1.29 is 17.5 Å². The second-order valence-electron chi connectivity index (χ2n) is 8.42. The van der Waals surface area contributed by atoms with Crippen LogP contribution in [0.5, 0.6) is 5.75 Å². The summed E-state index contributed by atoms with van der Waals surface area (Å²) >= 11 is 0. The monoisotopic (exact) mass is 456 g/mol. The Morgan fingerprint density at radius 3 is 2.66 bits per heavy atom. The molecule has 1 saturated heterocycles. The van der Waals surface area contributed by atoms with Crippen LogP contribution in [-0.4, -0.2) is 45.1 Å². The number of sulfonamides is 1. The minimum absolute atomic E-state index is 0.0821. The molecule has 170 valence electrons. The van der Waals surface area contributed by atoms with Crippen LogP contribution in [0, 0.1) is 5.82 Å². The summed E-state index contributed by atoms with van der Waals surface area (Å²) in [5.41, 5.74) is 0. The summed E-state index contributed by atoms with van der Waals surface area (Å²) in [6, 6.07) is 19.1. The Morgan fingerprint density at radius 1 is 1.09 bits per heavy atom.